The van der Waals surface area contributed by atoms with E-state index >= 15 is 0 Å². The number of nitrogens with two attached hydrogens (primary N) is 1. The van der Waals surface area contributed by atoms with Gasteiger partial charge in [-0.25, -0.2) is 4.52 Å². The van der Waals surface area contributed by atoms with Crippen LogP contribution in [0.5, 0.6) is 0 Å². The van der Waals surface area contributed by atoms with Crippen molar-refractivity contribution in [2.24, 2.45) is 11.7 Å². The molecule has 0 amide bonds. The molecule has 0 aliphatic heterocycles. The van der Waals surface area contributed by atoms with Crippen molar-refractivity contribution >= 4 is 34.3 Å². The van der Waals surface area contributed by atoms with Gasteiger partial charge in [-0.1, -0.05) is 18.9 Å². The van der Waals surface area contributed by atoms with Crippen LogP contribution in [0.1, 0.15) is 35.4 Å². The van der Waals surface area contributed by atoms with Crippen molar-refractivity contribution in [2.75, 3.05) is 5.32 Å². The average Bonchev–Trinajstić information content (AvgIpc) is 3.13. The minimum Gasteiger partial charge on any atom is -0.363 e. The molecule has 0 radical (unpaired) electrons. The van der Waals surface area contributed by atoms with Crippen molar-refractivity contribution in [3.63, 3.8) is 0 Å². The fraction of sp³-hybridized carbons (Fsp3) is 0.444. The molecule has 1 aliphatic rings. The fourth-order valence-electron chi connectivity index (χ4n) is 3.27. The van der Waals surface area contributed by atoms with Gasteiger partial charge in [0.15, 0.2) is 5.82 Å². The summed E-state index contributed by atoms with van der Waals surface area (Å²) in [6, 6.07) is 6.50. The minimum absolute atomic E-state index is 0.203. The van der Waals surface area contributed by atoms with Crippen LogP contribution in [0.25, 0.3) is 5.52 Å². The molecule has 0 spiro atoms. The number of nitrogens with zero attached hydrogens (tertiary/aromatic N) is 3. The Kier molecular flexibility index (Phi) is 4.67. The molecular formula is C18H22ClN5S. The number of aryl methyl sites for hydroxylation is 1. The highest BCUT2D eigenvalue weighted by molar-refractivity contribution is 7.09. The molecule has 3 aromatic rings. The van der Waals surface area contributed by atoms with E-state index < -0.39 is 0 Å². The SMILES string of the molecule is Cc1c(C[C@@H](N)CC2CC2)cc2c(NCc3cccs3)nc(Cl)nn12. The number of halogens is 1. The Hall–Kier alpha value is -1.63. The number of anilines is 1. The summed E-state index contributed by atoms with van der Waals surface area (Å²) in [4.78, 5) is 5.64. The summed E-state index contributed by atoms with van der Waals surface area (Å²) in [6.45, 7) is 2.79. The smallest absolute Gasteiger partial charge is 0.243 e. The van der Waals surface area contributed by atoms with Gasteiger partial charge in [0, 0.05) is 16.6 Å². The average molecular weight is 376 g/mol. The zero-order valence-corrected chi connectivity index (χ0v) is 15.8. The monoisotopic (exact) mass is 375 g/mol. The van der Waals surface area contributed by atoms with E-state index in [0.29, 0.717) is 0 Å². The summed E-state index contributed by atoms with van der Waals surface area (Å²) in [5.74, 6) is 1.60. The van der Waals surface area contributed by atoms with Crippen molar-refractivity contribution in [1.82, 2.24) is 14.6 Å². The van der Waals surface area contributed by atoms with Gasteiger partial charge >= 0.3 is 0 Å². The van der Waals surface area contributed by atoms with Crippen LogP contribution in [0.2, 0.25) is 5.28 Å². The molecule has 0 unspecified atom stereocenters. The van der Waals surface area contributed by atoms with E-state index in [-0.39, 0.29) is 11.3 Å². The maximum atomic E-state index is 6.34. The molecule has 3 heterocycles. The van der Waals surface area contributed by atoms with E-state index in [2.05, 4.69) is 39.8 Å². The maximum absolute atomic E-state index is 6.34. The van der Waals surface area contributed by atoms with E-state index in [9.17, 15) is 0 Å². The molecule has 5 nitrogen and oxygen atoms in total. The summed E-state index contributed by atoms with van der Waals surface area (Å²) in [5, 5.41) is 10.1. The highest BCUT2D eigenvalue weighted by atomic mass is 35.5. The van der Waals surface area contributed by atoms with E-state index in [0.717, 1.165) is 42.3 Å². The van der Waals surface area contributed by atoms with Gasteiger partial charge in [-0.3, -0.25) is 0 Å². The predicted molar refractivity (Wildman–Crippen MR) is 103 cm³/mol. The van der Waals surface area contributed by atoms with Crippen LogP contribution in [0.4, 0.5) is 5.82 Å². The molecular weight excluding hydrogens is 354 g/mol. The second-order valence-electron chi connectivity index (χ2n) is 6.86. The molecule has 132 valence electrons. The third-order valence-corrected chi connectivity index (χ3v) is 5.81. The first-order chi connectivity index (χ1) is 12.1. The quantitative estimate of drug-likeness (QED) is 0.654. The Morgan fingerprint density at radius 3 is 3.04 bits per heavy atom. The van der Waals surface area contributed by atoms with Gasteiger partial charge in [0.25, 0.3) is 0 Å². The minimum atomic E-state index is 0.203. The highest BCUT2D eigenvalue weighted by Gasteiger charge is 2.24. The summed E-state index contributed by atoms with van der Waals surface area (Å²) >= 11 is 7.86. The molecule has 25 heavy (non-hydrogen) atoms. The van der Waals surface area contributed by atoms with Gasteiger partial charge < -0.3 is 11.1 Å². The lowest BCUT2D eigenvalue weighted by Gasteiger charge is -2.10. The lowest BCUT2D eigenvalue weighted by Crippen LogP contribution is -2.23. The molecule has 3 N–H and O–H groups in total. The second kappa shape index (κ2) is 6.94. The normalized spacial score (nSPS) is 15.6. The van der Waals surface area contributed by atoms with Gasteiger partial charge in [-0.2, -0.15) is 4.98 Å². The molecule has 3 aromatic heterocycles. The fourth-order valence-corrected chi connectivity index (χ4v) is 4.07. The summed E-state index contributed by atoms with van der Waals surface area (Å²) in [5.41, 5.74) is 9.61. The molecule has 0 saturated heterocycles. The van der Waals surface area contributed by atoms with Crippen LogP contribution < -0.4 is 11.1 Å². The topological polar surface area (TPSA) is 68.2 Å². The summed E-state index contributed by atoms with van der Waals surface area (Å²) < 4.78 is 1.88. The maximum Gasteiger partial charge on any atom is 0.243 e. The second-order valence-corrected chi connectivity index (χ2v) is 8.23. The number of fused-ring (bicyclic) bond motifs is 1. The van der Waals surface area contributed by atoms with Crippen molar-refractivity contribution in [3.05, 3.63) is 45.0 Å². The van der Waals surface area contributed by atoms with Crippen LogP contribution in [0, 0.1) is 12.8 Å². The number of aromatic nitrogens is 3. The van der Waals surface area contributed by atoms with E-state index in [1.165, 1.54) is 23.3 Å². The zero-order valence-electron chi connectivity index (χ0n) is 14.2. The van der Waals surface area contributed by atoms with Gasteiger partial charge in [0.2, 0.25) is 5.28 Å². The zero-order chi connectivity index (χ0) is 17.4. The standard InChI is InChI=1S/C18H22ClN5S/c1-11-13(8-14(20)7-12-4-5-12)9-16-17(22-18(19)23-24(11)16)21-10-15-3-2-6-25-15/h2-3,6,9,12,14H,4-5,7-8,10,20H2,1H3,(H,21,22,23)/t14-/m0/s1. The number of hydrogen-bond acceptors (Lipinski definition) is 5. The predicted octanol–water partition coefficient (Wildman–Crippen LogP) is 4.03. The van der Waals surface area contributed by atoms with E-state index in [4.69, 9.17) is 17.3 Å². The molecule has 0 aromatic carbocycles. The molecule has 7 heteroatoms. The van der Waals surface area contributed by atoms with Crippen molar-refractivity contribution in [2.45, 2.75) is 45.2 Å². The molecule has 4 rings (SSSR count). The Morgan fingerprint density at radius 2 is 2.32 bits per heavy atom. The van der Waals surface area contributed by atoms with Crippen LogP contribution in [0.15, 0.2) is 23.6 Å². The van der Waals surface area contributed by atoms with Crippen LogP contribution >= 0.6 is 22.9 Å². The molecule has 1 aliphatic carbocycles. The Labute approximate surface area is 156 Å². The van der Waals surface area contributed by atoms with Crippen molar-refractivity contribution < 1.29 is 0 Å². The first-order valence-corrected chi connectivity index (χ1v) is 9.92. The first kappa shape index (κ1) is 16.8. The van der Waals surface area contributed by atoms with Crippen LogP contribution in [-0.4, -0.2) is 20.6 Å². The number of thiophene rings is 1. The molecule has 1 atom stereocenters. The van der Waals surface area contributed by atoms with Gasteiger partial charge in [0.1, 0.15) is 5.52 Å². The van der Waals surface area contributed by atoms with Crippen molar-refractivity contribution in [1.29, 1.82) is 0 Å². The van der Waals surface area contributed by atoms with Gasteiger partial charge in [-0.15, -0.1) is 16.4 Å². The Bertz CT molecular complexity index is 869. The molecule has 1 fully saturated rings. The Morgan fingerprint density at radius 1 is 1.48 bits per heavy atom. The summed E-state index contributed by atoms with van der Waals surface area (Å²) in [7, 11) is 0. The number of nitrogens with one attached hydrogen (secondary N) is 1. The molecule has 0 bridgehead atoms. The Balaban J connectivity index is 1.60. The lowest BCUT2D eigenvalue weighted by atomic mass is 10.0. The van der Waals surface area contributed by atoms with Gasteiger partial charge in [0.05, 0.1) is 6.54 Å². The largest absolute Gasteiger partial charge is 0.363 e. The van der Waals surface area contributed by atoms with Crippen molar-refractivity contribution in [3.8, 4) is 0 Å². The highest BCUT2D eigenvalue weighted by Crippen LogP contribution is 2.34. The van der Waals surface area contributed by atoms with E-state index in [1.807, 2.05) is 10.6 Å². The van der Waals surface area contributed by atoms with Crippen LogP contribution in [-0.2, 0) is 13.0 Å². The lowest BCUT2D eigenvalue weighted by molar-refractivity contribution is 0.565. The van der Waals surface area contributed by atoms with Crippen LogP contribution in [0.3, 0.4) is 0 Å². The van der Waals surface area contributed by atoms with Gasteiger partial charge in [-0.05, 0) is 60.4 Å². The third kappa shape index (κ3) is 3.81. The molecule has 1 saturated carbocycles. The first-order valence-electron chi connectivity index (χ1n) is 8.66. The number of rotatable bonds is 7. The third-order valence-electron chi connectivity index (χ3n) is 4.78. The summed E-state index contributed by atoms with van der Waals surface area (Å²) in [6.07, 6.45) is 4.65. The number of hydrogen-bond donors (Lipinski definition) is 2. The van der Waals surface area contributed by atoms with E-state index in [1.54, 1.807) is 11.3 Å².